The Morgan fingerprint density at radius 3 is 2.83 bits per heavy atom. The van der Waals surface area contributed by atoms with E-state index >= 15 is 0 Å². The molecule has 0 aromatic carbocycles. The predicted octanol–water partition coefficient (Wildman–Crippen LogP) is 1.69. The summed E-state index contributed by atoms with van der Waals surface area (Å²) in [6, 6.07) is 1.57. The van der Waals surface area contributed by atoms with Crippen molar-refractivity contribution < 1.29 is 19.7 Å². The van der Waals surface area contributed by atoms with Crippen LogP contribution in [0.25, 0.3) is 5.65 Å². The standard InChI is InChI=1S/C15H21ClN4O4/c1-15(2,3)24-14(23)17-6-4-10(21)12(22)9-8-18-20-7-5-11(16)19-13(9)20/h5,7-8,10,12,21-22H,4,6H2,1-3H3,(H,17,23). The number of amides is 1. The topological polar surface area (TPSA) is 109 Å². The number of nitrogens with zero attached hydrogens (tertiary/aromatic N) is 3. The number of nitrogens with one attached hydrogen (secondary N) is 1. The van der Waals surface area contributed by atoms with Crippen LogP contribution >= 0.6 is 11.6 Å². The van der Waals surface area contributed by atoms with E-state index < -0.39 is 23.9 Å². The molecule has 2 aromatic rings. The Hall–Kier alpha value is -1.90. The number of alkyl carbamates (subject to hydrolysis) is 1. The summed E-state index contributed by atoms with van der Waals surface area (Å²) in [6.07, 6.45) is 0.292. The Balaban J connectivity index is 1.93. The van der Waals surface area contributed by atoms with Crippen LogP contribution < -0.4 is 5.32 Å². The van der Waals surface area contributed by atoms with Crippen LogP contribution in [-0.4, -0.2) is 49.2 Å². The van der Waals surface area contributed by atoms with Crippen LogP contribution in [0.15, 0.2) is 18.5 Å². The molecule has 0 radical (unpaired) electrons. The summed E-state index contributed by atoms with van der Waals surface area (Å²) >= 11 is 5.85. The van der Waals surface area contributed by atoms with E-state index in [1.165, 1.54) is 10.7 Å². The Labute approximate surface area is 144 Å². The van der Waals surface area contributed by atoms with Crippen LogP contribution in [0.1, 0.15) is 38.9 Å². The molecule has 0 aliphatic rings. The first-order valence-corrected chi connectivity index (χ1v) is 7.88. The van der Waals surface area contributed by atoms with E-state index in [0.29, 0.717) is 11.2 Å². The van der Waals surface area contributed by atoms with Gasteiger partial charge in [-0.3, -0.25) is 0 Å². The third-order valence-corrected chi connectivity index (χ3v) is 3.36. The molecule has 2 aromatic heterocycles. The maximum absolute atomic E-state index is 11.5. The number of hydrogen-bond acceptors (Lipinski definition) is 6. The number of rotatable bonds is 5. The van der Waals surface area contributed by atoms with E-state index in [4.69, 9.17) is 16.3 Å². The summed E-state index contributed by atoms with van der Waals surface area (Å²) in [6.45, 7) is 5.43. The van der Waals surface area contributed by atoms with Crippen molar-refractivity contribution in [1.82, 2.24) is 19.9 Å². The SMILES string of the molecule is CC(C)(C)OC(=O)NCCC(O)C(O)c1cnn2ccc(Cl)nc12. The molecule has 2 heterocycles. The first-order valence-electron chi connectivity index (χ1n) is 7.50. The van der Waals surface area contributed by atoms with E-state index in [9.17, 15) is 15.0 Å². The van der Waals surface area contributed by atoms with Gasteiger partial charge in [0.25, 0.3) is 0 Å². The second-order valence-corrected chi connectivity index (χ2v) is 6.74. The smallest absolute Gasteiger partial charge is 0.407 e. The highest BCUT2D eigenvalue weighted by Gasteiger charge is 2.23. The molecule has 0 bridgehead atoms. The zero-order chi connectivity index (χ0) is 17.9. The molecule has 3 N–H and O–H groups in total. The molecule has 0 saturated heterocycles. The number of ether oxygens (including phenoxy) is 1. The average molecular weight is 357 g/mol. The number of hydrogen-bond donors (Lipinski definition) is 3. The van der Waals surface area contributed by atoms with Crippen molar-refractivity contribution >= 4 is 23.3 Å². The van der Waals surface area contributed by atoms with Crippen LogP contribution in [0.4, 0.5) is 4.79 Å². The second-order valence-electron chi connectivity index (χ2n) is 6.35. The Kier molecular flexibility index (Phi) is 5.63. The van der Waals surface area contributed by atoms with Crippen molar-refractivity contribution in [1.29, 1.82) is 0 Å². The maximum Gasteiger partial charge on any atom is 0.407 e. The zero-order valence-corrected chi connectivity index (χ0v) is 14.5. The first kappa shape index (κ1) is 18.4. The van der Waals surface area contributed by atoms with E-state index in [1.807, 2.05) is 0 Å². The molecule has 2 atom stereocenters. The third-order valence-electron chi connectivity index (χ3n) is 3.15. The van der Waals surface area contributed by atoms with Gasteiger partial charge in [-0.05, 0) is 33.3 Å². The summed E-state index contributed by atoms with van der Waals surface area (Å²) in [5.41, 5.74) is 0.140. The van der Waals surface area contributed by atoms with Gasteiger partial charge in [0.1, 0.15) is 16.9 Å². The van der Waals surface area contributed by atoms with Crippen LogP contribution in [0.2, 0.25) is 5.15 Å². The number of halogens is 1. The summed E-state index contributed by atoms with van der Waals surface area (Å²) < 4.78 is 6.55. The molecule has 2 unspecified atom stereocenters. The fourth-order valence-electron chi connectivity index (χ4n) is 2.07. The van der Waals surface area contributed by atoms with E-state index in [1.54, 1.807) is 33.0 Å². The van der Waals surface area contributed by atoms with Gasteiger partial charge in [-0.15, -0.1) is 0 Å². The van der Waals surface area contributed by atoms with Gasteiger partial charge >= 0.3 is 6.09 Å². The molecular formula is C15H21ClN4O4. The van der Waals surface area contributed by atoms with Crippen LogP contribution in [-0.2, 0) is 4.74 Å². The van der Waals surface area contributed by atoms with Crippen LogP contribution in [0.5, 0.6) is 0 Å². The van der Waals surface area contributed by atoms with Gasteiger partial charge in [0, 0.05) is 18.3 Å². The third kappa shape index (κ3) is 4.80. The molecule has 0 saturated carbocycles. The van der Waals surface area contributed by atoms with Gasteiger partial charge < -0.3 is 20.3 Å². The maximum atomic E-state index is 11.5. The Morgan fingerprint density at radius 2 is 2.17 bits per heavy atom. The van der Waals surface area contributed by atoms with Crippen molar-refractivity contribution in [3.63, 3.8) is 0 Å². The van der Waals surface area contributed by atoms with E-state index in [0.717, 1.165) is 0 Å². The average Bonchev–Trinajstić information content (AvgIpc) is 2.87. The number of aromatic nitrogens is 3. The summed E-state index contributed by atoms with van der Waals surface area (Å²) in [4.78, 5) is 15.6. The Morgan fingerprint density at radius 1 is 1.46 bits per heavy atom. The molecular weight excluding hydrogens is 336 g/mol. The molecule has 132 valence electrons. The predicted molar refractivity (Wildman–Crippen MR) is 87.8 cm³/mol. The number of aliphatic hydroxyl groups excluding tert-OH is 2. The number of aliphatic hydroxyl groups is 2. The minimum atomic E-state index is -1.20. The molecule has 1 amide bonds. The second kappa shape index (κ2) is 7.33. The monoisotopic (exact) mass is 356 g/mol. The largest absolute Gasteiger partial charge is 0.444 e. The highest BCUT2D eigenvalue weighted by Crippen LogP contribution is 2.23. The molecule has 8 nitrogen and oxygen atoms in total. The number of carbonyl (C=O) groups is 1. The van der Waals surface area contributed by atoms with Gasteiger partial charge in [-0.2, -0.15) is 5.10 Å². The molecule has 0 fully saturated rings. The lowest BCUT2D eigenvalue weighted by Crippen LogP contribution is -2.34. The van der Waals surface area contributed by atoms with Crippen molar-refractivity contribution in [2.24, 2.45) is 0 Å². The number of carbonyl (C=O) groups excluding carboxylic acids is 1. The van der Waals surface area contributed by atoms with Crippen molar-refractivity contribution in [3.05, 3.63) is 29.2 Å². The first-order chi connectivity index (χ1) is 11.2. The minimum Gasteiger partial charge on any atom is -0.444 e. The van der Waals surface area contributed by atoms with E-state index in [-0.39, 0.29) is 18.1 Å². The normalized spacial score (nSPS) is 14.4. The highest BCUT2D eigenvalue weighted by molar-refractivity contribution is 6.29. The van der Waals surface area contributed by atoms with Crippen LogP contribution in [0, 0.1) is 0 Å². The molecule has 2 rings (SSSR count). The lowest BCUT2D eigenvalue weighted by atomic mass is 10.1. The fraction of sp³-hybridized carbons (Fsp3) is 0.533. The van der Waals surface area contributed by atoms with Gasteiger partial charge in [-0.25, -0.2) is 14.3 Å². The van der Waals surface area contributed by atoms with Gasteiger partial charge in [-0.1, -0.05) is 11.6 Å². The molecule has 0 spiro atoms. The fourth-order valence-corrected chi connectivity index (χ4v) is 2.21. The van der Waals surface area contributed by atoms with Crippen molar-refractivity contribution in [3.8, 4) is 0 Å². The quantitative estimate of drug-likeness (QED) is 0.703. The molecule has 0 aliphatic heterocycles. The highest BCUT2D eigenvalue weighted by atomic mass is 35.5. The van der Waals surface area contributed by atoms with Gasteiger partial charge in [0.15, 0.2) is 5.65 Å². The van der Waals surface area contributed by atoms with Crippen molar-refractivity contribution in [2.45, 2.75) is 45.0 Å². The molecule has 9 heteroatoms. The number of fused-ring (bicyclic) bond motifs is 1. The van der Waals surface area contributed by atoms with Crippen LogP contribution in [0.3, 0.4) is 0 Å². The van der Waals surface area contributed by atoms with E-state index in [2.05, 4.69) is 15.4 Å². The lowest BCUT2D eigenvalue weighted by molar-refractivity contribution is 0.0129. The summed E-state index contributed by atoms with van der Waals surface area (Å²) in [7, 11) is 0. The lowest BCUT2D eigenvalue weighted by Gasteiger charge is -2.21. The summed E-state index contributed by atoms with van der Waals surface area (Å²) in [5.74, 6) is 0. The van der Waals surface area contributed by atoms with Crippen molar-refractivity contribution in [2.75, 3.05) is 6.54 Å². The van der Waals surface area contributed by atoms with Gasteiger partial charge in [0.05, 0.1) is 12.3 Å². The molecule has 0 aliphatic carbocycles. The van der Waals surface area contributed by atoms with Gasteiger partial charge in [0.2, 0.25) is 0 Å². The minimum absolute atomic E-state index is 0.137. The summed E-state index contributed by atoms with van der Waals surface area (Å²) in [5, 5.41) is 27.2. The zero-order valence-electron chi connectivity index (χ0n) is 13.7. The molecule has 24 heavy (non-hydrogen) atoms. The Bertz CT molecular complexity index is 713.